The molecule has 0 aromatic carbocycles. The first-order valence-corrected chi connectivity index (χ1v) is 12.1. The van der Waals surface area contributed by atoms with E-state index in [0.717, 1.165) is 25.7 Å². The van der Waals surface area contributed by atoms with Crippen LogP contribution in [0.4, 0.5) is 0 Å². The number of nitrogens with zero attached hydrogens (tertiary/aromatic N) is 2. The number of carbonyl (C=O) groups excluding carboxylic acids is 2. The Labute approximate surface area is 196 Å². The van der Waals surface area contributed by atoms with Gasteiger partial charge in [-0.3, -0.25) is 9.59 Å². The first-order valence-electron chi connectivity index (χ1n) is 12.1. The SMILES string of the molecule is CCCCCCCCCCN1C(=O)C(=C[O-])C(=O)N1CCCCCCCCCC.[Li+]. The Morgan fingerprint density at radius 3 is 1.20 bits per heavy atom. The van der Waals surface area contributed by atoms with Crippen LogP contribution in [0.1, 0.15) is 117 Å². The summed E-state index contributed by atoms with van der Waals surface area (Å²) in [6.45, 7) is 5.51. The molecule has 1 rings (SSSR count). The fourth-order valence-corrected chi connectivity index (χ4v) is 3.93. The monoisotopic (exact) mass is 414 g/mol. The van der Waals surface area contributed by atoms with Gasteiger partial charge in [0, 0.05) is 13.1 Å². The molecular formula is C24H43LiN2O3. The van der Waals surface area contributed by atoms with E-state index in [1.807, 2.05) is 0 Å². The van der Waals surface area contributed by atoms with Crippen molar-refractivity contribution < 1.29 is 33.6 Å². The van der Waals surface area contributed by atoms with Gasteiger partial charge in [-0.05, 0) is 12.8 Å². The van der Waals surface area contributed by atoms with Crippen molar-refractivity contribution >= 4 is 11.8 Å². The largest absolute Gasteiger partial charge is 1.00 e. The first kappa shape index (κ1) is 29.1. The van der Waals surface area contributed by atoms with Crippen molar-refractivity contribution in [2.24, 2.45) is 0 Å². The molecule has 1 fully saturated rings. The maximum absolute atomic E-state index is 12.4. The van der Waals surface area contributed by atoms with Gasteiger partial charge in [0.2, 0.25) is 0 Å². The minimum absolute atomic E-state index is 0. The van der Waals surface area contributed by atoms with Crippen molar-refractivity contribution in [1.82, 2.24) is 10.0 Å². The minimum Gasteiger partial charge on any atom is -0.877 e. The molecule has 168 valence electrons. The molecule has 0 spiro atoms. The van der Waals surface area contributed by atoms with Crippen LogP contribution in [-0.2, 0) is 9.59 Å². The number of unbranched alkanes of at least 4 members (excludes halogenated alkanes) is 14. The van der Waals surface area contributed by atoms with Crippen molar-refractivity contribution in [1.29, 1.82) is 0 Å². The van der Waals surface area contributed by atoms with Gasteiger partial charge in [0.25, 0.3) is 11.8 Å². The molecule has 1 aliphatic heterocycles. The molecule has 0 radical (unpaired) electrons. The van der Waals surface area contributed by atoms with Gasteiger partial charge in [-0.25, -0.2) is 10.0 Å². The fraction of sp³-hybridized carbons (Fsp3) is 0.833. The van der Waals surface area contributed by atoms with Crippen LogP contribution in [0.5, 0.6) is 0 Å². The maximum atomic E-state index is 12.4. The zero-order valence-electron chi connectivity index (χ0n) is 19.9. The third-order valence-corrected chi connectivity index (χ3v) is 5.79. The number of hydrogen-bond acceptors (Lipinski definition) is 3. The van der Waals surface area contributed by atoms with E-state index in [1.165, 1.54) is 87.1 Å². The van der Waals surface area contributed by atoms with Gasteiger partial charge in [-0.15, -0.1) is 6.26 Å². The summed E-state index contributed by atoms with van der Waals surface area (Å²) in [6, 6.07) is 0. The van der Waals surface area contributed by atoms with Crippen LogP contribution in [0, 0.1) is 0 Å². The van der Waals surface area contributed by atoms with Crippen LogP contribution in [0.25, 0.3) is 0 Å². The molecule has 1 saturated heterocycles. The summed E-state index contributed by atoms with van der Waals surface area (Å²) in [5, 5.41) is 14.2. The maximum Gasteiger partial charge on any atom is 1.00 e. The molecule has 0 aromatic rings. The van der Waals surface area contributed by atoms with E-state index in [2.05, 4.69) is 13.8 Å². The van der Waals surface area contributed by atoms with Gasteiger partial charge < -0.3 is 5.11 Å². The number of hydrogen-bond donors (Lipinski definition) is 0. The van der Waals surface area contributed by atoms with E-state index in [4.69, 9.17) is 0 Å². The topological polar surface area (TPSA) is 63.7 Å². The molecular weight excluding hydrogens is 371 g/mol. The molecule has 1 aliphatic rings. The first-order chi connectivity index (χ1) is 14.2. The number of amides is 2. The van der Waals surface area contributed by atoms with Gasteiger partial charge in [-0.1, -0.05) is 104 Å². The van der Waals surface area contributed by atoms with Gasteiger partial charge >= 0.3 is 18.9 Å². The number of rotatable bonds is 18. The summed E-state index contributed by atoms with van der Waals surface area (Å²) in [4.78, 5) is 24.9. The summed E-state index contributed by atoms with van der Waals surface area (Å²) in [7, 11) is 0. The zero-order chi connectivity index (χ0) is 21.3. The molecule has 1 heterocycles. The Morgan fingerprint density at radius 2 is 0.900 bits per heavy atom. The quantitative estimate of drug-likeness (QED) is 0.113. The molecule has 0 aromatic heterocycles. The van der Waals surface area contributed by atoms with Gasteiger partial charge in [0.15, 0.2) is 0 Å². The average Bonchev–Trinajstić information content (AvgIpc) is 2.95. The fourth-order valence-electron chi connectivity index (χ4n) is 3.93. The Morgan fingerprint density at radius 1 is 0.600 bits per heavy atom. The smallest absolute Gasteiger partial charge is 0.877 e. The molecule has 0 bridgehead atoms. The van der Waals surface area contributed by atoms with Gasteiger partial charge in [0.05, 0.1) is 5.57 Å². The molecule has 0 atom stereocenters. The second-order valence-electron chi connectivity index (χ2n) is 8.34. The van der Waals surface area contributed by atoms with Gasteiger partial charge in [-0.2, -0.15) is 0 Å². The van der Waals surface area contributed by atoms with E-state index >= 15 is 0 Å². The third-order valence-electron chi connectivity index (χ3n) is 5.79. The number of carbonyl (C=O) groups is 2. The van der Waals surface area contributed by atoms with Crippen molar-refractivity contribution in [3.63, 3.8) is 0 Å². The second-order valence-corrected chi connectivity index (χ2v) is 8.34. The van der Waals surface area contributed by atoms with E-state index in [9.17, 15) is 14.7 Å². The Bertz CT molecular complexity index is 457. The predicted octanol–water partition coefficient (Wildman–Crippen LogP) is 2.10. The van der Waals surface area contributed by atoms with E-state index in [0.29, 0.717) is 19.4 Å². The van der Waals surface area contributed by atoms with Crippen LogP contribution in [0.15, 0.2) is 11.8 Å². The Balaban J connectivity index is 0.00000841. The molecule has 0 unspecified atom stereocenters. The standard InChI is InChI=1S/C24H44N2O3.Li/c1-3-5-7-9-11-13-15-17-19-25-23(28)22(21-27)24(29)26(25)20-18-16-14-12-10-8-6-4-2;/h21,27H,3-20H2,1-2H3;/q;+1/p-1. The van der Waals surface area contributed by atoms with Crippen molar-refractivity contribution in [3.05, 3.63) is 11.8 Å². The summed E-state index contributed by atoms with van der Waals surface area (Å²) < 4.78 is 0. The number of hydrazine groups is 1. The third kappa shape index (κ3) is 10.9. The van der Waals surface area contributed by atoms with Gasteiger partial charge in [0.1, 0.15) is 0 Å². The minimum atomic E-state index is -0.410. The molecule has 5 nitrogen and oxygen atoms in total. The van der Waals surface area contributed by atoms with E-state index < -0.39 is 11.8 Å². The molecule has 0 saturated carbocycles. The Kier molecular flexibility index (Phi) is 18.2. The normalized spacial score (nSPS) is 13.9. The van der Waals surface area contributed by atoms with Crippen LogP contribution in [-0.4, -0.2) is 34.9 Å². The molecule has 0 aliphatic carbocycles. The van der Waals surface area contributed by atoms with Crippen molar-refractivity contribution in [3.8, 4) is 0 Å². The van der Waals surface area contributed by atoms with Crippen LogP contribution >= 0.6 is 0 Å². The van der Waals surface area contributed by atoms with Crippen LogP contribution in [0.3, 0.4) is 0 Å². The van der Waals surface area contributed by atoms with Crippen LogP contribution < -0.4 is 24.0 Å². The molecule has 0 N–H and O–H groups in total. The second kappa shape index (κ2) is 18.8. The average molecular weight is 415 g/mol. The zero-order valence-corrected chi connectivity index (χ0v) is 19.9. The van der Waals surface area contributed by atoms with Crippen LogP contribution in [0.2, 0.25) is 0 Å². The van der Waals surface area contributed by atoms with Crippen molar-refractivity contribution in [2.75, 3.05) is 13.1 Å². The van der Waals surface area contributed by atoms with E-state index in [-0.39, 0.29) is 24.4 Å². The molecule has 2 amide bonds. The van der Waals surface area contributed by atoms with E-state index in [1.54, 1.807) is 0 Å². The summed E-state index contributed by atoms with van der Waals surface area (Å²) >= 11 is 0. The van der Waals surface area contributed by atoms with Crippen molar-refractivity contribution in [2.45, 2.75) is 117 Å². The molecule has 30 heavy (non-hydrogen) atoms. The summed E-state index contributed by atoms with van der Waals surface area (Å²) in [5.74, 6) is -0.819. The summed E-state index contributed by atoms with van der Waals surface area (Å²) in [6.07, 6.45) is 19.4. The molecule has 6 heteroatoms. The Hall–Kier alpha value is -0.923. The summed E-state index contributed by atoms with van der Waals surface area (Å²) in [5.41, 5.74) is -0.205. The predicted molar refractivity (Wildman–Crippen MR) is 117 cm³/mol.